The van der Waals surface area contributed by atoms with Crippen LogP contribution in [-0.4, -0.2) is 36.1 Å². The van der Waals surface area contributed by atoms with Crippen molar-refractivity contribution in [1.82, 2.24) is 10.2 Å². The molecule has 0 bridgehead atoms. The maximum absolute atomic E-state index is 9.81. The van der Waals surface area contributed by atoms with Crippen molar-refractivity contribution < 1.29 is 0 Å². The Morgan fingerprint density at radius 3 is 2.60 bits per heavy atom. The molecular formula is C17H29N3. The van der Waals surface area contributed by atoms with Gasteiger partial charge < -0.3 is 0 Å². The molecule has 3 heteroatoms. The molecule has 1 unspecified atom stereocenters. The molecule has 3 rings (SSSR count). The summed E-state index contributed by atoms with van der Waals surface area (Å²) in [5.74, 6) is 1.51. The summed E-state index contributed by atoms with van der Waals surface area (Å²) in [5.41, 5.74) is -0.270. The summed E-state index contributed by atoms with van der Waals surface area (Å²) in [5, 5.41) is 13.4. The van der Waals surface area contributed by atoms with Gasteiger partial charge in [0.1, 0.15) is 5.54 Å². The molecule has 0 aromatic heterocycles. The van der Waals surface area contributed by atoms with Crippen molar-refractivity contribution in [2.75, 3.05) is 19.6 Å². The van der Waals surface area contributed by atoms with Crippen LogP contribution in [0.1, 0.15) is 58.3 Å². The number of likely N-dealkylation sites (N-methyl/N-ethyl adjacent to an activating group) is 1. The van der Waals surface area contributed by atoms with Crippen molar-refractivity contribution in [3.05, 3.63) is 0 Å². The molecule has 0 spiro atoms. The molecule has 0 aromatic rings. The van der Waals surface area contributed by atoms with Crippen molar-refractivity contribution in [2.24, 2.45) is 11.8 Å². The van der Waals surface area contributed by atoms with Crippen molar-refractivity contribution in [3.63, 3.8) is 0 Å². The summed E-state index contributed by atoms with van der Waals surface area (Å²) in [6.07, 6.45) is 10.8. The van der Waals surface area contributed by atoms with Crippen LogP contribution in [0, 0.1) is 23.2 Å². The van der Waals surface area contributed by atoms with Gasteiger partial charge in [-0.3, -0.25) is 10.2 Å². The summed E-state index contributed by atoms with van der Waals surface area (Å²) in [6.45, 7) is 5.21. The van der Waals surface area contributed by atoms with E-state index in [2.05, 4.69) is 23.2 Å². The average Bonchev–Trinajstić information content (AvgIpc) is 3.32. The van der Waals surface area contributed by atoms with E-state index in [-0.39, 0.29) is 5.54 Å². The van der Waals surface area contributed by atoms with E-state index < -0.39 is 0 Å². The summed E-state index contributed by atoms with van der Waals surface area (Å²) in [7, 11) is 0. The molecular weight excluding hydrogens is 246 g/mol. The number of rotatable bonds is 5. The third-order valence-electron chi connectivity index (χ3n) is 5.78. The van der Waals surface area contributed by atoms with Gasteiger partial charge in [0.25, 0.3) is 0 Å². The highest BCUT2D eigenvalue weighted by molar-refractivity contribution is 5.17. The lowest BCUT2D eigenvalue weighted by Crippen LogP contribution is -2.59. The summed E-state index contributed by atoms with van der Waals surface area (Å²) in [4.78, 5) is 2.68. The summed E-state index contributed by atoms with van der Waals surface area (Å²) in [6, 6.07) is 3.43. The third kappa shape index (κ3) is 2.73. The zero-order chi connectivity index (χ0) is 14.0. The van der Waals surface area contributed by atoms with E-state index in [9.17, 15) is 5.26 Å². The molecule has 112 valence electrons. The fraction of sp³-hybridized carbons (Fsp3) is 0.941. The van der Waals surface area contributed by atoms with Crippen molar-refractivity contribution in [1.29, 1.82) is 5.26 Å². The van der Waals surface area contributed by atoms with Gasteiger partial charge in [0.2, 0.25) is 0 Å². The van der Waals surface area contributed by atoms with Gasteiger partial charge in [0, 0.05) is 12.6 Å². The lowest BCUT2D eigenvalue weighted by atomic mass is 9.77. The number of nitrogens with zero attached hydrogens (tertiary/aromatic N) is 2. The Bertz CT molecular complexity index is 369. The molecule has 1 saturated heterocycles. The second kappa shape index (κ2) is 6.03. The van der Waals surface area contributed by atoms with Gasteiger partial charge >= 0.3 is 0 Å². The van der Waals surface area contributed by atoms with E-state index in [1.807, 2.05) is 0 Å². The molecule has 3 fully saturated rings. The Kier molecular flexibility index (Phi) is 4.33. The van der Waals surface area contributed by atoms with Crippen LogP contribution in [0.4, 0.5) is 0 Å². The lowest BCUT2D eigenvalue weighted by Gasteiger charge is -2.47. The van der Waals surface area contributed by atoms with Crippen molar-refractivity contribution >= 4 is 0 Å². The molecule has 2 aliphatic carbocycles. The molecule has 1 heterocycles. The highest BCUT2D eigenvalue weighted by Crippen LogP contribution is 2.42. The first-order valence-electron chi connectivity index (χ1n) is 8.69. The number of hydrogen-bond acceptors (Lipinski definition) is 3. The molecule has 3 nitrogen and oxygen atoms in total. The first kappa shape index (κ1) is 14.4. The first-order chi connectivity index (χ1) is 9.79. The van der Waals surface area contributed by atoms with Gasteiger partial charge in [-0.2, -0.15) is 5.26 Å². The van der Waals surface area contributed by atoms with E-state index in [0.29, 0.717) is 5.92 Å². The minimum Gasteiger partial charge on any atom is -0.298 e. The first-order valence-corrected chi connectivity index (χ1v) is 8.69. The molecule has 20 heavy (non-hydrogen) atoms. The smallest absolute Gasteiger partial charge is 0.122 e. The molecule has 0 radical (unpaired) electrons. The zero-order valence-corrected chi connectivity index (χ0v) is 12.9. The molecule has 2 saturated carbocycles. The van der Waals surface area contributed by atoms with E-state index in [1.165, 1.54) is 57.9 Å². The van der Waals surface area contributed by atoms with E-state index in [1.54, 1.807) is 0 Å². The van der Waals surface area contributed by atoms with Crippen LogP contribution >= 0.6 is 0 Å². The summed E-state index contributed by atoms with van der Waals surface area (Å²) >= 11 is 0. The maximum atomic E-state index is 9.81. The second-order valence-corrected chi connectivity index (χ2v) is 7.11. The molecule has 0 amide bonds. The SMILES string of the molecule is CCNC(C#N)(CN1CCC[C@H]2CCCC[C@H]21)C1CC1. The topological polar surface area (TPSA) is 39.1 Å². The van der Waals surface area contributed by atoms with Crippen molar-refractivity contribution in [3.8, 4) is 6.07 Å². The van der Waals surface area contributed by atoms with Gasteiger partial charge in [0.15, 0.2) is 0 Å². The Morgan fingerprint density at radius 1 is 1.15 bits per heavy atom. The number of hydrogen-bond donors (Lipinski definition) is 1. The zero-order valence-electron chi connectivity index (χ0n) is 12.9. The fourth-order valence-electron chi connectivity index (χ4n) is 4.63. The number of nitrogens with one attached hydrogen (secondary N) is 1. The van der Waals surface area contributed by atoms with Crippen LogP contribution < -0.4 is 5.32 Å². The number of fused-ring (bicyclic) bond motifs is 1. The normalized spacial score (nSPS) is 34.0. The Hall–Kier alpha value is -0.590. The molecule has 1 N–H and O–H groups in total. The fourth-order valence-corrected chi connectivity index (χ4v) is 4.63. The summed E-state index contributed by atoms with van der Waals surface area (Å²) < 4.78 is 0. The minimum absolute atomic E-state index is 0.270. The molecule has 3 atom stereocenters. The molecule has 0 aromatic carbocycles. The molecule has 1 aliphatic heterocycles. The van der Waals surface area contributed by atoms with Gasteiger partial charge in [-0.15, -0.1) is 0 Å². The van der Waals surface area contributed by atoms with E-state index in [4.69, 9.17) is 0 Å². The highest BCUT2D eigenvalue weighted by atomic mass is 15.2. The minimum atomic E-state index is -0.270. The van der Waals surface area contributed by atoms with Gasteiger partial charge in [-0.25, -0.2) is 0 Å². The second-order valence-electron chi connectivity index (χ2n) is 7.11. The van der Waals surface area contributed by atoms with E-state index >= 15 is 0 Å². The van der Waals surface area contributed by atoms with Crippen molar-refractivity contribution in [2.45, 2.75) is 69.9 Å². The third-order valence-corrected chi connectivity index (χ3v) is 5.78. The van der Waals surface area contributed by atoms with Crippen LogP contribution in [0.3, 0.4) is 0 Å². The van der Waals surface area contributed by atoms with Gasteiger partial charge in [0.05, 0.1) is 6.07 Å². The Morgan fingerprint density at radius 2 is 1.90 bits per heavy atom. The van der Waals surface area contributed by atoms with Crippen LogP contribution in [0.25, 0.3) is 0 Å². The lowest BCUT2D eigenvalue weighted by molar-refractivity contribution is 0.0412. The van der Waals surface area contributed by atoms with Crippen LogP contribution in [-0.2, 0) is 0 Å². The van der Waals surface area contributed by atoms with Gasteiger partial charge in [-0.1, -0.05) is 19.8 Å². The monoisotopic (exact) mass is 275 g/mol. The Balaban J connectivity index is 1.72. The highest BCUT2D eigenvalue weighted by Gasteiger charge is 2.48. The predicted molar refractivity (Wildman–Crippen MR) is 81.3 cm³/mol. The standard InChI is InChI=1S/C17H29N3/c1-2-19-17(12-18,15-9-10-15)13-20-11-5-7-14-6-3-4-8-16(14)20/h14-16,19H,2-11,13H2,1H3/t14-,16-,17?/m1/s1. The molecule has 3 aliphatic rings. The largest absolute Gasteiger partial charge is 0.298 e. The van der Waals surface area contributed by atoms with Crippen LogP contribution in [0.2, 0.25) is 0 Å². The van der Waals surface area contributed by atoms with Crippen LogP contribution in [0.15, 0.2) is 0 Å². The Labute approximate surface area is 123 Å². The number of piperidine rings is 1. The maximum Gasteiger partial charge on any atom is 0.122 e. The number of likely N-dealkylation sites (tertiary alicyclic amines) is 1. The number of nitriles is 1. The predicted octanol–water partition coefficient (Wildman–Crippen LogP) is 2.92. The average molecular weight is 275 g/mol. The van der Waals surface area contributed by atoms with E-state index in [0.717, 1.165) is 25.0 Å². The van der Waals surface area contributed by atoms with Crippen LogP contribution in [0.5, 0.6) is 0 Å². The van der Waals surface area contributed by atoms with Gasteiger partial charge in [-0.05, 0) is 63.5 Å². The quantitative estimate of drug-likeness (QED) is 0.838.